The lowest BCUT2D eigenvalue weighted by molar-refractivity contribution is 0.405. The summed E-state index contributed by atoms with van der Waals surface area (Å²) in [6, 6.07) is 8.50. The van der Waals surface area contributed by atoms with Crippen molar-refractivity contribution >= 4 is 45.8 Å². The number of methoxy groups -OCH3 is 1. The molecule has 1 fully saturated rings. The number of ether oxygens (including phenoxy) is 1. The quantitative estimate of drug-likeness (QED) is 0.606. The predicted molar refractivity (Wildman–Crippen MR) is 113 cm³/mol. The minimum absolute atomic E-state index is 0.0622. The lowest BCUT2D eigenvalue weighted by Crippen LogP contribution is -2.29. The first kappa shape index (κ1) is 19.2. The zero-order valence-corrected chi connectivity index (χ0v) is 16.9. The molecule has 2 N–H and O–H groups in total. The van der Waals surface area contributed by atoms with Crippen LogP contribution in [0.2, 0.25) is 5.02 Å². The number of hydrogen-bond acceptors (Lipinski definition) is 6. The van der Waals surface area contributed by atoms with Gasteiger partial charge in [0.15, 0.2) is 0 Å². The summed E-state index contributed by atoms with van der Waals surface area (Å²) in [4.78, 5) is 9.82. The van der Waals surface area contributed by atoms with E-state index >= 15 is 0 Å². The van der Waals surface area contributed by atoms with Crippen LogP contribution in [0.1, 0.15) is 12.8 Å². The average Bonchev–Trinajstić information content (AvgIpc) is 2.71. The van der Waals surface area contributed by atoms with Crippen molar-refractivity contribution in [2.75, 3.05) is 25.5 Å². The van der Waals surface area contributed by atoms with E-state index in [0.717, 1.165) is 47.5 Å². The van der Waals surface area contributed by atoms with E-state index in [0.29, 0.717) is 16.8 Å². The zero-order valence-electron chi connectivity index (χ0n) is 15.3. The van der Waals surface area contributed by atoms with Crippen LogP contribution in [0.25, 0.3) is 10.9 Å². The number of nitrogens with zero attached hydrogens (tertiary/aromatic N) is 2. The molecule has 0 bridgehead atoms. The first-order valence-electron chi connectivity index (χ1n) is 9.06. The first-order chi connectivity index (χ1) is 13.6. The minimum atomic E-state index is -0.454. The molecule has 0 saturated carbocycles. The number of nitrogens with one attached hydrogen (secondary N) is 2. The molecule has 0 radical (unpaired) electrons. The number of hydrogen-bond donors (Lipinski definition) is 2. The van der Waals surface area contributed by atoms with Gasteiger partial charge in [-0.1, -0.05) is 11.6 Å². The fourth-order valence-electron chi connectivity index (χ4n) is 3.22. The Morgan fingerprint density at radius 3 is 2.79 bits per heavy atom. The Morgan fingerprint density at radius 1 is 1.21 bits per heavy atom. The number of halogens is 2. The van der Waals surface area contributed by atoms with E-state index in [4.69, 9.17) is 16.3 Å². The number of aromatic nitrogens is 2. The van der Waals surface area contributed by atoms with Crippen molar-refractivity contribution < 1.29 is 9.13 Å². The van der Waals surface area contributed by atoms with Crippen molar-refractivity contribution in [3.05, 3.63) is 47.5 Å². The summed E-state index contributed by atoms with van der Waals surface area (Å²) in [7, 11) is 1.68. The molecule has 4 rings (SSSR count). The smallest absolute Gasteiger partial charge is 0.141 e. The minimum Gasteiger partial charge on any atom is -0.496 e. The molecule has 1 aromatic heterocycles. The molecule has 0 amide bonds. The maximum atomic E-state index is 13.4. The molecule has 0 unspecified atom stereocenters. The van der Waals surface area contributed by atoms with Crippen LogP contribution in [0.15, 0.2) is 41.6 Å². The molecule has 0 aliphatic carbocycles. The molecule has 1 saturated heterocycles. The second-order valence-corrected chi connectivity index (χ2v) is 8.31. The lowest BCUT2D eigenvalue weighted by Gasteiger charge is -2.23. The molecule has 3 aromatic rings. The highest BCUT2D eigenvalue weighted by molar-refractivity contribution is 8.00. The highest BCUT2D eigenvalue weighted by atomic mass is 35.5. The van der Waals surface area contributed by atoms with Gasteiger partial charge in [-0.05, 0) is 50.2 Å². The van der Waals surface area contributed by atoms with E-state index in [-0.39, 0.29) is 5.02 Å². The van der Waals surface area contributed by atoms with Crippen LogP contribution in [-0.4, -0.2) is 35.4 Å². The van der Waals surface area contributed by atoms with Crippen molar-refractivity contribution in [2.24, 2.45) is 0 Å². The van der Waals surface area contributed by atoms with Crippen LogP contribution in [-0.2, 0) is 0 Å². The topological polar surface area (TPSA) is 59.1 Å². The van der Waals surface area contributed by atoms with Crippen LogP contribution >= 0.6 is 23.4 Å². The Balaban J connectivity index is 1.70. The molecular weight excluding hydrogens is 399 g/mol. The number of piperidine rings is 1. The molecule has 2 aromatic carbocycles. The van der Waals surface area contributed by atoms with Gasteiger partial charge in [-0.25, -0.2) is 14.4 Å². The van der Waals surface area contributed by atoms with Gasteiger partial charge in [-0.15, -0.1) is 11.8 Å². The van der Waals surface area contributed by atoms with E-state index in [1.54, 1.807) is 19.2 Å². The Labute approximate surface area is 172 Å². The molecule has 1 aliphatic rings. The maximum Gasteiger partial charge on any atom is 0.141 e. The summed E-state index contributed by atoms with van der Waals surface area (Å²) in [6.07, 6.45) is 3.74. The van der Waals surface area contributed by atoms with Gasteiger partial charge in [-0.3, -0.25) is 0 Å². The second-order valence-electron chi connectivity index (χ2n) is 6.56. The molecule has 8 heteroatoms. The van der Waals surface area contributed by atoms with Gasteiger partial charge in [0.25, 0.3) is 0 Å². The monoisotopic (exact) mass is 418 g/mol. The standard InChI is InChI=1S/C20H20ClFN4OS/c1-27-18-10-17-14(9-19(18)28-13-4-6-23-7-5-13)20(25-11-24-17)26-12-2-3-16(22)15(21)8-12/h2-3,8-11,13,23H,4-7H2,1H3,(H,24,25,26). The third-order valence-corrected chi connectivity index (χ3v) is 6.35. The lowest BCUT2D eigenvalue weighted by atomic mass is 10.2. The van der Waals surface area contributed by atoms with E-state index < -0.39 is 5.82 Å². The van der Waals surface area contributed by atoms with Crippen LogP contribution in [0, 0.1) is 5.82 Å². The zero-order chi connectivity index (χ0) is 19.5. The SMILES string of the molecule is COc1cc2ncnc(Nc3ccc(F)c(Cl)c3)c2cc1SC1CCNCC1. The van der Waals surface area contributed by atoms with Gasteiger partial charge in [0, 0.05) is 22.4 Å². The summed E-state index contributed by atoms with van der Waals surface area (Å²) in [5.74, 6) is 0.998. The van der Waals surface area contributed by atoms with Gasteiger partial charge in [-0.2, -0.15) is 0 Å². The number of anilines is 2. The summed E-state index contributed by atoms with van der Waals surface area (Å²) in [5.41, 5.74) is 1.44. The van der Waals surface area contributed by atoms with Crippen molar-refractivity contribution in [1.29, 1.82) is 0 Å². The van der Waals surface area contributed by atoms with Crippen molar-refractivity contribution in [3.63, 3.8) is 0 Å². The van der Waals surface area contributed by atoms with E-state index in [9.17, 15) is 4.39 Å². The van der Waals surface area contributed by atoms with E-state index in [2.05, 4.69) is 26.7 Å². The second kappa shape index (κ2) is 8.51. The van der Waals surface area contributed by atoms with Crippen molar-refractivity contribution in [2.45, 2.75) is 23.0 Å². The number of fused-ring (bicyclic) bond motifs is 1. The highest BCUT2D eigenvalue weighted by Gasteiger charge is 2.18. The summed E-state index contributed by atoms with van der Waals surface area (Å²) in [5, 5.41) is 8.10. The normalized spacial score (nSPS) is 15.0. The molecule has 5 nitrogen and oxygen atoms in total. The Morgan fingerprint density at radius 2 is 2.04 bits per heavy atom. The largest absolute Gasteiger partial charge is 0.496 e. The van der Waals surface area contributed by atoms with E-state index in [1.807, 2.05) is 17.8 Å². The molecule has 28 heavy (non-hydrogen) atoms. The fourth-order valence-corrected chi connectivity index (χ4v) is 4.67. The first-order valence-corrected chi connectivity index (χ1v) is 10.3. The van der Waals surface area contributed by atoms with Gasteiger partial charge < -0.3 is 15.4 Å². The molecule has 146 valence electrons. The van der Waals surface area contributed by atoms with Crippen molar-refractivity contribution in [1.82, 2.24) is 15.3 Å². The Kier molecular flexibility index (Phi) is 5.85. The van der Waals surface area contributed by atoms with Crippen molar-refractivity contribution in [3.8, 4) is 5.75 Å². The fraction of sp³-hybridized carbons (Fsp3) is 0.300. The maximum absolute atomic E-state index is 13.4. The number of rotatable bonds is 5. The Hall–Kier alpha value is -2.09. The summed E-state index contributed by atoms with van der Waals surface area (Å²) >= 11 is 7.73. The van der Waals surface area contributed by atoms with E-state index in [1.165, 1.54) is 12.4 Å². The molecule has 0 atom stereocenters. The number of thioether (sulfide) groups is 1. The highest BCUT2D eigenvalue weighted by Crippen LogP contribution is 2.39. The molecule has 1 aliphatic heterocycles. The third kappa shape index (κ3) is 4.16. The van der Waals surface area contributed by atoms with Gasteiger partial charge in [0.2, 0.25) is 0 Å². The van der Waals surface area contributed by atoms with Gasteiger partial charge >= 0.3 is 0 Å². The molecule has 2 heterocycles. The van der Waals surface area contributed by atoms with Crippen LogP contribution in [0.3, 0.4) is 0 Å². The molecular formula is C20H20ClFN4OS. The van der Waals surface area contributed by atoms with Gasteiger partial charge in [0.05, 0.1) is 22.5 Å². The molecule has 0 spiro atoms. The van der Waals surface area contributed by atoms with Crippen LogP contribution in [0.4, 0.5) is 15.9 Å². The number of benzene rings is 2. The average molecular weight is 419 g/mol. The van der Waals surface area contributed by atoms with Crippen LogP contribution in [0.5, 0.6) is 5.75 Å². The Bertz CT molecular complexity index is 997. The predicted octanol–water partition coefficient (Wildman–Crippen LogP) is 5.02. The summed E-state index contributed by atoms with van der Waals surface area (Å²) in [6.45, 7) is 2.07. The van der Waals surface area contributed by atoms with Crippen LogP contribution < -0.4 is 15.4 Å². The van der Waals surface area contributed by atoms with Gasteiger partial charge in [0.1, 0.15) is 23.7 Å². The third-order valence-electron chi connectivity index (χ3n) is 4.68. The summed E-state index contributed by atoms with van der Waals surface area (Å²) < 4.78 is 19.0.